The fraction of sp³-hybridized carbons (Fsp3) is 0.800. The maximum absolute atomic E-state index is 5.80. The van der Waals surface area contributed by atoms with Gasteiger partial charge in [0, 0.05) is 12.6 Å². The Kier molecular flexibility index (Phi) is 7.11. The summed E-state index contributed by atoms with van der Waals surface area (Å²) in [5.41, 5.74) is 6.99. The van der Waals surface area contributed by atoms with Crippen LogP contribution in [0.4, 0.5) is 0 Å². The molecule has 0 bridgehead atoms. The van der Waals surface area contributed by atoms with Crippen molar-refractivity contribution in [3.63, 3.8) is 0 Å². The number of rotatable bonds is 7. The molecule has 2 heteroatoms. The normalized spacial score (nSPS) is 12.9. The molecule has 0 aliphatic carbocycles. The second-order valence-corrected chi connectivity index (χ2v) is 3.33. The molecular formula is C10H21NO. The van der Waals surface area contributed by atoms with Gasteiger partial charge in [-0.25, -0.2) is 0 Å². The topological polar surface area (TPSA) is 35.2 Å². The summed E-state index contributed by atoms with van der Waals surface area (Å²) in [6.45, 7) is 9.45. The quantitative estimate of drug-likeness (QED) is 0.470. The second-order valence-electron chi connectivity index (χ2n) is 3.33. The van der Waals surface area contributed by atoms with E-state index in [2.05, 4.69) is 13.5 Å². The van der Waals surface area contributed by atoms with Crippen LogP contribution in [0.1, 0.15) is 33.1 Å². The summed E-state index contributed by atoms with van der Waals surface area (Å²) in [5, 5.41) is 0. The standard InChI is InChI=1S/C10H21NO/c1-4-7-12-8-10(11)6-5-9(2)3/h10H,2,4-8,11H2,1,3H3. The molecular weight excluding hydrogens is 150 g/mol. The summed E-state index contributed by atoms with van der Waals surface area (Å²) in [4.78, 5) is 0. The summed E-state index contributed by atoms with van der Waals surface area (Å²) >= 11 is 0. The number of hydrogen-bond donors (Lipinski definition) is 1. The lowest BCUT2D eigenvalue weighted by Gasteiger charge is -2.11. The maximum atomic E-state index is 5.80. The highest BCUT2D eigenvalue weighted by Gasteiger charge is 2.01. The summed E-state index contributed by atoms with van der Waals surface area (Å²) in [7, 11) is 0. The largest absolute Gasteiger partial charge is 0.380 e. The van der Waals surface area contributed by atoms with Crippen LogP contribution in [0.2, 0.25) is 0 Å². The zero-order valence-electron chi connectivity index (χ0n) is 8.31. The van der Waals surface area contributed by atoms with Crippen molar-refractivity contribution in [3.05, 3.63) is 12.2 Å². The van der Waals surface area contributed by atoms with Crippen molar-refractivity contribution in [1.29, 1.82) is 0 Å². The van der Waals surface area contributed by atoms with Crippen molar-refractivity contribution in [3.8, 4) is 0 Å². The van der Waals surface area contributed by atoms with Gasteiger partial charge in [-0.05, 0) is 26.2 Å². The Labute approximate surface area is 75.8 Å². The number of nitrogens with two attached hydrogens (primary N) is 1. The predicted octanol–water partition coefficient (Wildman–Crippen LogP) is 2.10. The van der Waals surface area contributed by atoms with Crippen LogP contribution in [-0.4, -0.2) is 19.3 Å². The average Bonchev–Trinajstić information content (AvgIpc) is 2.01. The Hall–Kier alpha value is -0.340. The van der Waals surface area contributed by atoms with Gasteiger partial charge in [0.2, 0.25) is 0 Å². The second kappa shape index (κ2) is 7.32. The van der Waals surface area contributed by atoms with E-state index in [0.717, 1.165) is 25.9 Å². The highest BCUT2D eigenvalue weighted by molar-refractivity contribution is 4.88. The van der Waals surface area contributed by atoms with Gasteiger partial charge in [0.05, 0.1) is 6.61 Å². The minimum atomic E-state index is 0.174. The average molecular weight is 171 g/mol. The van der Waals surface area contributed by atoms with Crippen molar-refractivity contribution in [2.45, 2.75) is 39.2 Å². The van der Waals surface area contributed by atoms with Gasteiger partial charge < -0.3 is 10.5 Å². The third-order valence-electron chi connectivity index (χ3n) is 1.62. The Balaban J connectivity index is 3.21. The zero-order valence-corrected chi connectivity index (χ0v) is 8.31. The molecule has 2 N–H and O–H groups in total. The van der Waals surface area contributed by atoms with Crippen LogP contribution in [0.3, 0.4) is 0 Å². The number of ether oxygens (including phenoxy) is 1. The molecule has 0 fully saturated rings. The first-order chi connectivity index (χ1) is 5.66. The molecule has 1 unspecified atom stereocenters. The number of hydrogen-bond acceptors (Lipinski definition) is 2. The smallest absolute Gasteiger partial charge is 0.0617 e. The van der Waals surface area contributed by atoms with Crippen LogP contribution in [-0.2, 0) is 4.74 Å². The Morgan fingerprint density at radius 3 is 2.75 bits per heavy atom. The molecule has 72 valence electrons. The molecule has 0 aliphatic rings. The Morgan fingerprint density at radius 1 is 1.58 bits per heavy atom. The predicted molar refractivity (Wildman–Crippen MR) is 53.1 cm³/mol. The van der Waals surface area contributed by atoms with Crippen molar-refractivity contribution < 1.29 is 4.74 Å². The molecule has 0 saturated carbocycles. The third-order valence-corrected chi connectivity index (χ3v) is 1.62. The van der Waals surface area contributed by atoms with Crippen LogP contribution in [0.5, 0.6) is 0 Å². The van der Waals surface area contributed by atoms with E-state index in [0.29, 0.717) is 6.61 Å². The van der Waals surface area contributed by atoms with E-state index in [1.165, 1.54) is 5.57 Å². The molecule has 0 heterocycles. The lowest BCUT2D eigenvalue weighted by atomic mass is 10.1. The van der Waals surface area contributed by atoms with Crippen LogP contribution < -0.4 is 5.73 Å². The maximum Gasteiger partial charge on any atom is 0.0617 e. The van der Waals surface area contributed by atoms with Gasteiger partial charge in [-0.3, -0.25) is 0 Å². The van der Waals surface area contributed by atoms with Crippen LogP contribution in [0, 0.1) is 0 Å². The fourth-order valence-corrected chi connectivity index (χ4v) is 0.894. The van der Waals surface area contributed by atoms with Gasteiger partial charge in [-0.1, -0.05) is 12.5 Å². The van der Waals surface area contributed by atoms with E-state index >= 15 is 0 Å². The van der Waals surface area contributed by atoms with Crippen molar-refractivity contribution in [2.24, 2.45) is 5.73 Å². The first-order valence-electron chi connectivity index (χ1n) is 4.64. The van der Waals surface area contributed by atoms with E-state index in [4.69, 9.17) is 10.5 Å². The molecule has 0 aromatic rings. The monoisotopic (exact) mass is 171 g/mol. The summed E-state index contributed by atoms with van der Waals surface area (Å²) in [6.07, 6.45) is 3.06. The van der Waals surface area contributed by atoms with E-state index in [1.807, 2.05) is 6.92 Å². The molecule has 2 nitrogen and oxygen atoms in total. The Morgan fingerprint density at radius 2 is 2.25 bits per heavy atom. The summed E-state index contributed by atoms with van der Waals surface area (Å²) in [6, 6.07) is 0.174. The van der Waals surface area contributed by atoms with Gasteiger partial charge in [-0.2, -0.15) is 0 Å². The molecule has 12 heavy (non-hydrogen) atoms. The van der Waals surface area contributed by atoms with Crippen molar-refractivity contribution in [2.75, 3.05) is 13.2 Å². The minimum absolute atomic E-state index is 0.174. The molecule has 0 aromatic carbocycles. The Bertz CT molecular complexity index is 123. The highest BCUT2D eigenvalue weighted by Crippen LogP contribution is 2.03. The SMILES string of the molecule is C=C(C)CCC(N)COCCC. The van der Waals surface area contributed by atoms with Crippen molar-refractivity contribution in [1.82, 2.24) is 0 Å². The van der Waals surface area contributed by atoms with Crippen LogP contribution in [0.25, 0.3) is 0 Å². The van der Waals surface area contributed by atoms with E-state index in [-0.39, 0.29) is 6.04 Å². The third kappa shape index (κ3) is 7.76. The lowest BCUT2D eigenvalue weighted by Crippen LogP contribution is -2.26. The molecule has 0 amide bonds. The van der Waals surface area contributed by atoms with E-state index in [1.54, 1.807) is 0 Å². The lowest BCUT2D eigenvalue weighted by molar-refractivity contribution is 0.119. The minimum Gasteiger partial charge on any atom is -0.380 e. The highest BCUT2D eigenvalue weighted by atomic mass is 16.5. The molecule has 1 atom stereocenters. The van der Waals surface area contributed by atoms with E-state index < -0.39 is 0 Å². The molecule has 0 saturated heterocycles. The first-order valence-corrected chi connectivity index (χ1v) is 4.64. The van der Waals surface area contributed by atoms with Crippen LogP contribution >= 0.6 is 0 Å². The van der Waals surface area contributed by atoms with Gasteiger partial charge in [0.25, 0.3) is 0 Å². The summed E-state index contributed by atoms with van der Waals surface area (Å²) in [5.74, 6) is 0. The fourth-order valence-electron chi connectivity index (χ4n) is 0.894. The zero-order chi connectivity index (χ0) is 9.40. The molecule has 0 aliphatic heterocycles. The van der Waals surface area contributed by atoms with E-state index in [9.17, 15) is 0 Å². The molecule has 0 rings (SSSR count). The molecule has 0 radical (unpaired) electrons. The van der Waals surface area contributed by atoms with Gasteiger partial charge >= 0.3 is 0 Å². The van der Waals surface area contributed by atoms with Gasteiger partial charge in [0.15, 0.2) is 0 Å². The van der Waals surface area contributed by atoms with Crippen molar-refractivity contribution >= 4 is 0 Å². The van der Waals surface area contributed by atoms with Gasteiger partial charge in [-0.15, -0.1) is 6.58 Å². The number of allylic oxidation sites excluding steroid dienone is 1. The van der Waals surface area contributed by atoms with Gasteiger partial charge in [0.1, 0.15) is 0 Å². The molecule has 0 aromatic heterocycles. The molecule has 0 spiro atoms. The first kappa shape index (κ1) is 11.7. The summed E-state index contributed by atoms with van der Waals surface area (Å²) < 4.78 is 5.32. The van der Waals surface area contributed by atoms with Crippen LogP contribution in [0.15, 0.2) is 12.2 Å².